The Bertz CT molecular complexity index is 315. The average molecular weight is 268 g/mol. The second-order valence-corrected chi connectivity index (χ2v) is 5.78. The lowest BCUT2D eigenvalue weighted by Gasteiger charge is -2.41. The molecule has 0 spiro atoms. The van der Waals surface area contributed by atoms with Gasteiger partial charge in [-0.25, -0.2) is 0 Å². The van der Waals surface area contributed by atoms with Crippen molar-refractivity contribution < 1.29 is 9.59 Å². The van der Waals surface area contributed by atoms with E-state index in [0.29, 0.717) is 6.54 Å². The van der Waals surface area contributed by atoms with Gasteiger partial charge in [-0.3, -0.25) is 9.59 Å². The average Bonchev–Trinajstić information content (AvgIpc) is 2.34. The third-order valence-corrected chi connectivity index (χ3v) is 3.71. The van der Waals surface area contributed by atoms with Crippen LogP contribution in [0.3, 0.4) is 0 Å². The molecule has 1 heterocycles. The quantitative estimate of drug-likeness (QED) is 0.720. The van der Waals surface area contributed by atoms with E-state index in [2.05, 4.69) is 12.2 Å². The van der Waals surface area contributed by atoms with Crippen molar-refractivity contribution >= 4 is 11.8 Å². The zero-order chi connectivity index (χ0) is 14.4. The molecule has 1 fully saturated rings. The number of rotatable bonds is 7. The molecule has 0 aromatic rings. The maximum Gasteiger partial charge on any atom is 0.245 e. The van der Waals surface area contributed by atoms with Crippen LogP contribution in [0.15, 0.2) is 0 Å². The first-order valence-corrected chi connectivity index (χ1v) is 7.63. The van der Waals surface area contributed by atoms with Crippen molar-refractivity contribution in [2.45, 2.75) is 71.9 Å². The Morgan fingerprint density at radius 1 is 1.16 bits per heavy atom. The van der Waals surface area contributed by atoms with Gasteiger partial charge in [-0.1, -0.05) is 47.0 Å². The number of nitrogens with zero attached hydrogens (tertiary/aromatic N) is 1. The molecule has 2 amide bonds. The van der Waals surface area contributed by atoms with Crippen LogP contribution in [0.2, 0.25) is 0 Å². The predicted octanol–water partition coefficient (Wildman–Crippen LogP) is 2.33. The molecule has 4 nitrogen and oxygen atoms in total. The van der Waals surface area contributed by atoms with Crippen molar-refractivity contribution in [3.05, 3.63) is 0 Å². The Morgan fingerprint density at radius 2 is 1.84 bits per heavy atom. The first-order valence-electron chi connectivity index (χ1n) is 7.63. The third-order valence-electron chi connectivity index (χ3n) is 3.71. The maximum atomic E-state index is 12.5. The number of piperazine rings is 1. The van der Waals surface area contributed by atoms with Gasteiger partial charge in [-0.2, -0.15) is 0 Å². The molecule has 1 saturated heterocycles. The van der Waals surface area contributed by atoms with Crippen molar-refractivity contribution in [1.82, 2.24) is 10.2 Å². The number of amides is 2. The van der Waals surface area contributed by atoms with Crippen LogP contribution >= 0.6 is 0 Å². The normalized spacial score (nSPS) is 23.9. The molecular formula is C15H28N2O2. The standard InChI is InChI=1S/C15H28N2O2/c1-5-7-8-10-17-13(11(3)4)14(18)16-12(9-6-2)15(17)19/h11-13H,5-10H2,1-4H3,(H,16,18). The molecule has 2 atom stereocenters. The predicted molar refractivity (Wildman–Crippen MR) is 76.7 cm³/mol. The topological polar surface area (TPSA) is 49.4 Å². The summed E-state index contributed by atoms with van der Waals surface area (Å²) in [5.74, 6) is 0.286. The van der Waals surface area contributed by atoms with Crippen LogP contribution in [0.5, 0.6) is 0 Å². The number of unbranched alkanes of at least 4 members (excludes halogenated alkanes) is 2. The van der Waals surface area contributed by atoms with Crippen LogP contribution in [0, 0.1) is 5.92 Å². The lowest BCUT2D eigenvalue weighted by atomic mass is 9.95. The summed E-state index contributed by atoms with van der Waals surface area (Å²) in [6, 6.07) is -0.605. The molecule has 19 heavy (non-hydrogen) atoms. The third kappa shape index (κ3) is 3.95. The van der Waals surface area contributed by atoms with Gasteiger partial charge in [0.05, 0.1) is 0 Å². The number of hydrogen-bond donors (Lipinski definition) is 1. The van der Waals surface area contributed by atoms with Crippen molar-refractivity contribution in [2.75, 3.05) is 6.54 Å². The molecule has 0 aliphatic carbocycles. The van der Waals surface area contributed by atoms with E-state index in [4.69, 9.17) is 0 Å². The Morgan fingerprint density at radius 3 is 2.37 bits per heavy atom. The van der Waals surface area contributed by atoms with Gasteiger partial charge in [-0.05, 0) is 18.8 Å². The fourth-order valence-electron chi connectivity index (χ4n) is 2.73. The van der Waals surface area contributed by atoms with Gasteiger partial charge < -0.3 is 10.2 Å². The van der Waals surface area contributed by atoms with E-state index < -0.39 is 0 Å². The molecular weight excluding hydrogens is 240 g/mol. The molecule has 0 aromatic carbocycles. The van der Waals surface area contributed by atoms with E-state index in [1.165, 1.54) is 0 Å². The zero-order valence-electron chi connectivity index (χ0n) is 12.7. The lowest BCUT2D eigenvalue weighted by Crippen LogP contribution is -2.64. The molecule has 0 radical (unpaired) electrons. The van der Waals surface area contributed by atoms with Gasteiger partial charge in [0.2, 0.25) is 11.8 Å². The first-order chi connectivity index (χ1) is 9.02. The summed E-state index contributed by atoms with van der Waals surface area (Å²) >= 11 is 0. The minimum absolute atomic E-state index is 0.0181. The number of hydrogen-bond acceptors (Lipinski definition) is 2. The summed E-state index contributed by atoms with van der Waals surface area (Å²) in [6.45, 7) is 8.90. The van der Waals surface area contributed by atoms with Crippen LogP contribution < -0.4 is 5.32 Å². The highest BCUT2D eigenvalue weighted by atomic mass is 16.2. The minimum atomic E-state index is -0.311. The molecule has 1 rings (SSSR count). The van der Waals surface area contributed by atoms with Crippen LogP contribution in [-0.4, -0.2) is 35.3 Å². The Balaban J connectivity index is 2.80. The summed E-state index contributed by atoms with van der Waals surface area (Å²) in [7, 11) is 0. The Kier molecular flexibility index (Phi) is 6.32. The fraction of sp³-hybridized carbons (Fsp3) is 0.867. The van der Waals surface area contributed by atoms with E-state index in [9.17, 15) is 9.59 Å². The molecule has 1 aliphatic heterocycles. The van der Waals surface area contributed by atoms with Gasteiger partial charge in [0, 0.05) is 6.54 Å². The van der Waals surface area contributed by atoms with Crippen molar-refractivity contribution in [1.29, 1.82) is 0 Å². The first kappa shape index (κ1) is 16.0. The second kappa shape index (κ2) is 7.51. The number of carbonyl (C=O) groups excluding carboxylic acids is 2. The van der Waals surface area contributed by atoms with E-state index in [1.54, 1.807) is 0 Å². The Labute approximate surface area is 116 Å². The van der Waals surface area contributed by atoms with Crippen molar-refractivity contribution in [3.8, 4) is 0 Å². The minimum Gasteiger partial charge on any atom is -0.342 e. The summed E-state index contributed by atoms with van der Waals surface area (Å²) in [4.78, 5) is 26.5. The summed E-state index contributed by atoms with van der Waals surface area (Å²) in [6.07, 6.45) is 4.86. The summed E-state index contributed by atoms with van der Waals surface area (Å²) in [5, 5.41) is 2.89. The van der Waals surface area contributed by atoms with E-state index in [-0.39, 0.29) is 29.8 Å². The molecule has 110 valence electrons. The number of nitrogens with one attached hydrogen (secondary N) is 1. The molecule has 0 aromatic heterocycles. The van der Waals surface area contributed by atoms with Gasteiger partial charge >= 0.3 is 0 Å². The van der Waals surface area contributed by atoms with Crippen LogP contribution in [-0.2, 0) is 9.59 Å². The van der Waals surface area contributed by atoms with Gasteiger partial charge in [0.1, 0.15) is 12.1 Å². The second-order valence-electron chi connectivity index (χ2n) is 5.78. The van der Waals surface area contributed by atoms with Crippen molar-refractivity contribution in [3.63, 3.8) is 0 Å². The lowest BCUT2D eigenvalue weighted by molar-refractivity contribution is -0.151. The van der Waals surface area contributed by atoms with Crippen LogP contribution in [0.25, 0.3) is 0 Å². The van der Waals surface area contributed by atoms with E-state index in [0.717, 1.165) is 32.1 Å². The Hall–Kier alpha value is -1.06. The highest BCUT2D eigenvalue weighted by Gasteiger charge is 2.40. The molecule has 1 N–H and O–H groups in total. The highest BCUT2D eigenvalue weighted by molar-refractivity contribution is 5.97. The largest absolute Gasteiger partial charge is 0.342 e. The summed E-state index contributed by atoms with van der Waals surface area (Å²) < 4.78 is 0. The van der Waals surface area contributed by atoms with E-state index in [1.807, 2.05) is 25.7 Å². The highest BCUT2D eigenvalue weighted by Crippen LogP contribution is 2.20. The van der Waals surface area contributed by atoms with Crippen LogP contribution in [0.4, 0.5) is 0 Å². The molecule has 0 bridgehead atoms. The van der Waals surface area contributed by atoms with Crippen LogP contribution in [0.1, 0.15) is 59.8 Å². The van der Waals surface area contributed by atoms with Gasteiger partial charge in [0.25, 0.3) is 0 Å². The smallest absolute Gasteiger partial charge is 0.245 e. The SMILES string of the molecule is CCCCCN1C(=O)C(CCC)NC(=O)C1C(C)C. The zero-order valence-corrected chi connectivity index (χ0v) is 12.7. The maximum absolute atomic E-state index is 12.5. The van der Waals surface area contributed by atoms with Crippen molar-refractivity contribution in [2.24, 2.45) is 5.92 Å². The van der Waals surface area contributed by atoms with Gasteiger partial charge in [-0.15, -0.1) is 0 Å². The molecule has 4 heteroatoms. The molecule has 1 aliphatic rings. The fourth-order valence-corrected chi connectivity index (χ4v) is 2.73. The van der Waals surface area contributed by atoms with E-state index >= 15 is 0 Å². The monoisotopic (exact) mass is 268 g/mol. The number of carbonyl (C=O) groups is 2. The molecule has 0 saturated carbocycles. The summed E-state index contributed by atoms with van der Waals surface area (Å²) in [5.41, 5.74) is 0. The molecule has 2 unspecified atom stereocenters. The van der Waals surface area contributed by atoms with Gasteiger partial charge in [0.15, 0.2) is 0 Å².